The minimum absolute atomic E-state index is 0.880. The Balaban J connectivity index is 1.95. The van der Waals surface area contributed by atoms with Gasteiger partial charge in [-0.1, -0.05) is 30.3 Å². The fraction of sp³-hybridized carbons (Fsp3) is 0.308. The molecule has 0 radical (unpaired) electrons. The summed E-state index contributed by atoms with van der Waals surface area (Å²) in [4.78, 5) is 4.59. The lowest BCUT2D eigenvalue weighted by molar-refractivity contribution is 0.593. The van der Waals surface area contributed by atoms with Gasteiger partial charge in [-0.05, 0) is 21.5 Å². The number of hydrogen-bond acceptors (Lipinski definition) is 2. The summed E-state index contributed by atoms with van der Waals surface area (Å²) in [5, 5.41) is 3.40. The third kappa shape index (κ3) is 2.15. The zero-order chi connectivity index (χ0) is 11.7. The van der Waals surface area contributed by atoms with Gasteiger partial charge in [0.2, 0.25) is 0 Å². The van der Waals surface area contributed by atoms with E-state index in [1.165, 1.54) is 17.0 Å². The first-order valence-corrected chi connectivity index (χ1v) is 6.62. The number of nitrogens with zero attached hydrogens (tertiary/aromatic N) is 2. The Bertz CT molecular complexity index is 519. The van der Waals surface area contributed by atoms with Gasteiger partial charge < -0.3 is 9.88 Å². The minimum Gasteiger partial charge on any atom is -0.317 e. The number of rotatable bonds is 2. The molecule has 1 aliphatic rings. The van der Waals surface area contributed by atoms with E-state index >= 15 is 0 Å². The van der Waals surface area contributed by atoms with Crippen LogP contribution in [0.1, 0.15) is 17.0 Å². The molecule has 0 amide bonds. The Morgan fingerprint density at radius 1 is 1.29 bits per heavy atom. The Kier molecular flexibility index (Phi) is 2.99. The molecule has 88 valence electrons. The molecular formula is C13H14BrN3. The number of nitrogens with one attached hydrogen (secondary N) is 1. The molecule has 0 saturated heterocycles. The molecule has 1 aromatic heterocycles. The van der Waals surface area contributed by atoms with Crippen LogP contribution in [0.3, 0.4) is 0 Å². The first-order valence-electron chi connectivity index (χ1n) is 5.83. The van der Waals surface area contributed by atoms with E-state index in [-0.39, 0.29) is 0 Å². The molecule has 3 nitrogen and oxygen atoms in total. The van der Waals surface area contributed by atoms with Gasteiger partial charge in [-0.15, -0.1) is 0 Å². The number of aromatic nitrogens is 2. The predicted molar refractivity (Wildman–Crippen MR) is 70.9 cm³/mol. The Hall–Kier alpha value is -1.13. The SMILES string of the molecule is Brc1nc2c(n1Cc1ccccc1)CNCC2. The average molecular weight is 292 g/mol. The highest BCUT2D eigenvalue weighted by atomic mass is 79.9. The minimum atomic E-state index is 0.880. The smallest absolute Gasteiger partial charge is 0.177 e. The maximum absolute atomic E-state index is 4.59. The fourth-order valence-corrected chi connectivity index (χ4v) is 2.79. The summed E-state index contributed by atoms with van der Waals surface area (Å²) < 4.78 is 3.19. The molecule has 0 aliphatic carbocycles. The molecule has 0 fully saturated rings. The van der Waals surface area contributed by atoms with Crippen molar-refractivity contribution in [1.82, 2.24) is 14.9 Å². The van der Waals surface area contributed by atoms with Crippen molar-refractivity contribution in [2.45, 2.75) is 19.5 Å². The van der Waals surface area contributed by atoms with Crippen LogP contribution in [-0.4, -0.2) is 16.1 Å². The topological polar surface area (TPSA) is 29.9 Å². The van der Waals surface area contributed by atoms with Gasteiger partial charge in [0.05, 0.1) is 11.4 Å². The first kappa shape index (κ1) is 11.0. The van der Waals surface area contributed by atoms with Gasteiger partial charge >= 0.3 is 0 Å². The van der Waals surface area contributed by atoms with Crippen LogP contribution in [0.5, 0.6) is 0 Å². The summed E-state index contributed by atoms with van der Waals surface area (Å²) >= 11 is 3.56. The van der Waals surface area contributed by atoms with Gasteiger partial charge in [-0.3, -0.25) is 0 Å². The van der Waals surface area contributed by atoms with Crippen molar-refractivity contribution >= 4 is 15.9 Å². The lowest BCUT2D eigenvalue weighted by Crippen LogP contribution is -2.25. The van der Waals surface area contributed by atoms with Crippen molar-refractivity contribution in [3.63, 3.8) is 0 Å². The largest absolute Gasteiger partial charge is 0.317 e. The van der Waals surface area contributed by atoms with E-state index in [4.69, 9.17) is 0 Å². The van der Waals surface area contributed by atoms with E-state index in [2.05, 4.69) is 55.1 Å². The van der Waals surface area contributed by atoms with Gasteiger partial charge in [0.1, 0.15) is 0 Å². The molecule has 0 atom stereocenters. The van der Waals surface area contributed by atoms with Crippen molar-refractivity contribution in [2.24, 2.45) is 0 Å². The summed E-state index contributed by atoms with van der Waals surface area (Å²) in [5.74, 6) is 0. The number of imidazole rings is 1. The summed E-state index contributed by atoms with van der Waals surface area (Å²) in [6.45, 7) is 2.83. The van der Waals surface area contributed by atoms with Gasteiger partial charge in [0.15, 0.2) is 4.73 Å². The second-order valence-corrected chi connectivity index (χ2v) is 4.98. The molecule has 1 aromatic carbocycles. The molecule has 2 aromatic rings. The third-order valence-corrected chi connectivity index (χ3v) is 3.73. The van der Waals surface area contributed by atoms with Crippen molar-refractivity contribution < 1.29 is 0 Å². The molecular weight excluding hydrogens is 278 g/mol. The zero-order valence-electron chi connectivity index (χ0n) is 9.49. The van der Waals surface area contributed by atoms with E-state index in [9.17, 15) is 0 Å². The molecule has 17 heavy (non-hydrogen) atoms. The molecule has 0 bridgehead atoms. The monoisotopic (exact) mass is 291 g/mol. The number of fused-ring (bicyclic) bond motifs is 1. The van der Waals surface area contributed by atoms with Gasteiger partial charge in [0.25, 0.3) is 0 Å². The van der Waals surface area contributed by atoms with Crippen molar-refractivity contribution in [3.05, 3.63) is 52.0 Å². The van der Waals surface area contributed by atoms with Gasteiger partial charge in [-0.25, -0.2) is 4.98 Å². The lowest BCUT2D eigenvalue weighted by Gasteiger charge is -2.15. The second kappa shape index (κ2) is 4.63. The molecule has 0 unspecified atom stereocenters. The molecule has 0 spiro atoms. The standard InChI is InChI=1S/C13H14BrN3/c14-13-16-11-6-7-15-8-12(11)17(13)9-10-4-2-1-3-5-10/h1-5,15H,6-9H2. The van der Waals surface area contributed by atoms with Crippen LogP contribution >= 0.6 is 15.9 Å². The number of hydrogen-bond donors (Lipinski definition) is 1. The van der Waals surface area contributed by atoms with E-state index in [0.29, 0.717) is 0 Å². The highest BCUT2D eigenvalue weighted by Gasteiger charge is 2.18. The van der Waals surface area contributed by atoms with Crippen LogP contribution in [0.4, 0.5) is 0 Å². The van der Waals surface area contributed by atoms with Crippen LogP contribution in [-0.2, 0) is 19.5 Å². The number of halogens is 1. The van der Waals surface area contributed by atoms with Crippen LogP contribution in [0.15, 0.2) is 35.1 Å². The Morgan fingerprint density at radius 2 is 2.12 bits per heavy atom. The molecule has 1 N–H and O–H groups in total. The molecule has 3 rings (SSSR count). The summed E-state index contributed by atoms with van der Waals surface area (Å²) in [7, 11) is 0. The zero-order valence-corrected chi connectivity index (χ0v) is 11.1. The Labute approximate surface area is 109 Å². The van der Waals surface area contributed by atoms with Crippen LogP contribution in [0.2, 0.25) is 0 Å². The second-order valence-electron chi connectivity index (χ2n) is 4.27. The van der Waals surface area contributed by atoms with Crippen LogP contribution in [0.25, 0.3) is 0 Å². The van der Waals surface area contributed by atoms with E-state index < -0.39 is 0 Å². The van der Waals surface area contributed by atoms with E-state index in [1.807, 2.05) is 6.07 Å². The maximum Gasteiger partial charge on any atom is 0.177 e. The average Bonchev–Trinajstić information content (AvgIpc) is 2.68. The van der Waals surface area contributed by atoms with Crippen molar-refractivity contribution in [2.75, 3.05) is 6.54 Å². The van der Waals surface area contributed by atoms with Gasteiger partial charge in [-0.2, -0.15) is 0 Å². The first-order chi connectivity index (χ1) is 8.34. The highest BCUT2D eigenvalue weighted by Crippen LogP contribution is 2.21. The molecule has 0 saturated carbocycles. The molecule has 1 aliphatic heterocycles. The molecule has 2 heterocycles. The normalized spacial score (nSPS) is 14.6. The third-order valence-electron chi connectivity index (χ3n) is 3.12. The quantitative estimate of drug-likeness (QED) is 0.920. The van der Waals surface area contributed by atoms with Crippen molar-refractivity contribution in [3.8, 4) is 0 Å². The highest BCUT2D eigenvalue weighted by molar-refractivity contribution is 9.10. The Morgan fingerprint density at radius 3 is 2.94 bits per heavy atom. The van der Waals surface area contributed by atoms with E-state index in [0.717, 1.165) is 30.8 Å². The lowest BCUT2D eigenvalue weighted by atomic mass is 10.1. The predicted octanol–water partition coefficient (Wildman–Crippen LogP) is 2.34. The summed E-state index contributed by atoms with van der Waals surface area (Å²) in [5.41, 5.74) is 3.84. The van der Waals surface area contributed by atoms with Crippen molar-refractivity contribution in [1.29, 1.82) is 0 Å². The van der Waals surface area contributed by atoms with Crippen LogP contribution < -0.4 is 5.32 Å². The molecule has 4 heteroatoms. The maximum atomic E-state index is 4.59. The van der Waals surface area contributed by atoms with Gasteiger partial charge in [0, 0.05) is 26.1 Å². The fourth-order valence-electron chi connectivity index (χ4n) is 2.24. The van der Waals surface area contributed by atoms with E-state index in [1.54, 1.807) is 0 Å². The summed E-state index contributed by atoms with van der Waals surface area (Å²) in [6, 6.07) is 10.5. The number of benzene rings is 1. The summed E-state index contributed by atoms with van der Waals surface area (Å²) in [6.07, 6.45) is 1.02. The van der Waals surface area contributed by atoms with Crippen LogP contribution in [0, 0.1) is 0 Å².